The molecule has 92 valence electrons. The van der Waals surface area contributed by atoms with Gasteiger partial charge in [-0.05, 0) is 34.1 Å². The maximum absolute atomic E-state index is 11.1. The number of hydrogen-bond donors (Lipinski definition) is 3. The second kappa shape index (κ2) is 5.05. The number of aromatic carboxylic acids is 1. The van der Waals surface area contributed by atoms with Gasteiger partial charge < -0.3 is 16.2 Å². The first kappa shape index (κ1) is 12.4. The van der Waals surface area contributed by atoms with E-state index in [0.717, 1.165) is 4.47 Å². The highest BCUT2D eigenvalue weighted by Gasteiger charge is 2.10. The third kappa shape index (κ3) is 2.60. The first-order chi connectivity index (χ1) is 8.58. The largest absolute Gasteiger partial charge is 0.478 e. The Morgan fingerprint density at radius 3 is 2.78 bits per heavy atom. The highest BCUT2D eigenvalue weighted by molar-refractivity contribution is 9.10. The zero-order chi connectivity index (χ0) is 13.1. The maximum Gasteiger partial charge on any atom is 0.337 e. The van der Waals surface area contributed by atoms with Gasteiger partial charge in [0.05, 0.1) is 16.9 Å². The lowest BCUT2D eigenvalue weighted by Crippen LogP contribution is -2.05. The molecule has 1 heterocycles. The van der Waals surface area contributed by atoms with Crippen molar-refractivity contribution in [3.63, 3.8) is 0 Å². The Labute approximate surface area is 112 Å². The predicted molar refractivity (Wildman–Crippen MR) is 73.0 cm³/mol. The Balaban J connectivity index is 2.37. The number of carboxylic acid groups (broad SMARTS) is 1. The lowest BCUT2D eigenvalue weighted by atomic mass is 10.2. The number of pyridine rings is 1. The van der Waals surface area contributed by atoms with Gasteiger partial charge in [-0.2, -0.15) is 0 Å². The molecule has 0 aliphatic rings. The fourth-order valence-electron chi connectivity index (χ4n) is 1.47. The van der Waals surface area contributed by atoms with Crippen LogP contribution in [0.1, 0.15) is 10.4 Å². The van der Waals surface area contributed by atoms with Crippen LogP contribution in [0, 0.1) is 0 Å². The minimum absolute atomic E-state index is 0.168. The number of rotatable bonds is 3. The van der Waals surface area contributed by atoms with E-state index in [1.54, 1.807) is 30.5 Å². The Hall–Kier alpha value is -2.08. The third-order valence-corrected chi connectivity index (χ3v) is 2.73. The molecular weight excluding hydrogens is 298 g/mol. The average molecular weight is 308 g/mol. The molecule has 18 heavy (non-hydrogen) atoms. The van der Waals surface area contributed by atoms with Gasteiger partial charge in [-0.15, -0.1) is 0 Å². The summed E-state index contributed by atoms with van der Waals surface area (Å²) in [5, 5.41) is 12.0. The Morgan fingerprint density at radius 1 is 1.39 bits per heavy atom. The molecule has 2 aromatic rings. The Kier molecular flexibility index (Phi) is 3.47. The van der Waals surface area contributed by atoms with Crippen molar-refractivity contribution < 1.29 is 9.90 Å². The fraction of sp³-hybridized carbons (Fsp3) is 0. The molecule has 0 fully saturated rings. The zero-order valence-electron chi connectivity index (χ0n) is 9.22. The lowest BCUT2D eigenvalue weighted by Gasteiger charge is -2.10. The number of benzene rings is 1. The number of aromatic nitrogens is 1. The number of para-hydroxylation sites is 1. The van der Waals surface area contributed by atoms with E-state index in [1.807, 2.05) is 0 Å². The van der Waals surface area contributed by atoms with Crippen LogP contribution in [0.4, 0.5) is 17.2 Å². The number of carboxylic acids is 1. The maximum atomic E-state index is 11.1. The molecule has 0 unspecified atom stereocenters. The number of carbonyl (C=O) groups is 1. The lowest BCUT2D eigenvalue weighted by molar-refractivity contribution is 0.0698. The van der Waals surface area contributed by atoms with Gasteiger partial charge in [0.2, 0.25) is 0 Å². The summed E-state index contributed by atoms with van der Waals surface area (Å²) >= 11 is 3.26. The van der Waals surface area contributed by atoms with Gasteiger partial charge in [0.1, 0.15) is 0 Å². The van der Waals surface area contributed by atoms with Crippen molar-refractivity contribution in [3.05, 3.63) is 46.6 Å². The van der Waals surface area contributed by atoms with E-state index in [1.165, 1.54) is 6.07 Å². The molecule has 5 nitrogen and oxygen atoms in total. The van der Waals surface area contributed by atoms with E-state index in [4.69, 9.17) is 10.8 Å². The number of anilines is 3. The highest BCUT2D eigenvalue weighted by atomic mass is 79.9. The summed E-state index contributed by atoms with van der Waals surface area (Å²) in [6, 6.07) is 8.27. The van der Waals surface area contributed by atoms with Crippen molar-refractivity contribution in [2.45, 2.75) is 0 Å². The predicted octanol–water partition coefficient (Wildman–Crippen LogP) is 2.87. The molecule has 1 aromatic heterocycles. The first-order valence-electron chi connectivity index (χ1n) is 5.08. The standard InChI is InChI=1S/C12H10BrN3O2/c13-7-5-9(14)11(15-6-7)16-10-4-2-1-3-8(10)12(17)18/h1-6H,14H2,(H,15,16)(H,17,18). The van der Waals surface area contributed by atoms with Gasteiger partial charge in [-0.3, -0.25) is 0 Å². The number of hydrogen-bond acceptors (Lipinski definition) is 4. The molecule has 0 atom stereocenters. The van der Waals surface area contributed by atoms with E-state index in [2.05, 4.69) is 26.2 Å². The van der Waals surface area contributed by atoms with Gasteiger partial charge in [-0.25, -0.2) is 9.78 Å². The van der Waals surface area contributed by atoms with E-state index < -0.39 is 5.97 Å². The topological polar surface area (TPSA) is 88.2 Å². The molecule has 0 radical (unpaired) electrons. The highest BCUT2D eigenvalue weighted by Crippen LogP contribution is 2.25. The monoisotopic (exact) mass is 307 g/mol. The summed E-state index contributed by atoms with van der Waals surface area (Å²) in [5.74, 6) is -0.583. The quantitative estimate of drug-likeness (QED) is 0.811. The average Bonchev–Trinajstić information content (AvgIpc) is 2.33. The van der Waals surface area contributed by atoms with Crippen molar-refractivity contribution >= 4 is 39.1 Å². The smallest absolute Gasteiger partial charge is 0.337 e. The van der Waals surface area contributed by atoms with Crippen LogP contribution in [0.25, 0.3) is 0 Å². The van der Waals surface area contributed by atoms with Crippen molar-refractivity contribution in [3.8, 4) is 0 Å². The van der Waals surface area contributed by atoms with Crippen LogP contribution in [-0.2, 0) is 0 Å². The van der Waals surface area contributed by atoms with Gasteiger partial charge in [0.15, 0.2) is 5.82 Å². The molecule has 0 aliphatic carbocycles. The summed E-state index contributed by atoms with van der Waals surface area (Å²) < 4.78 is 0.761. The van der Waals surface area contributed by atoms with Crippen molar-refractivity contribution in [2.75, 3.05) is 11.1 Å². The van der Waals surface area contributed by atoms with Crippen LogP contribution in [0.5, 0.6) is 0 Å². The number of halogens is 1. The number of nitrogen functional groups attached to an aromatic ring is 1. The summed E-state index contributed by atoms with van der Waals surface area (Å²) in [5.41, 5.74) is 6.85. The normalized spacial score (nSPS) is 10.1. The van der Waals surface area contributed by atoms with Crippen LogP contribution in [0.3, 0.4) is 0 Å². The van der Waals surface area contributed by atoms with Gasteiger partial charge >= 0.3 is 5.97 Å². The van der Waals surface area contributed by atoms with Crippen molar-refractivity contribution in [1.82, 2.24) is 4.98 Å². The summed E-state index contributed by atoms with van der Waals surface area (Å²) in [4.78, 5) is 15.1. The first-order valence-corrected chi connectivity index (χ1v) is 5.87. The minimum Gasteiger partial charge on any atom is -0.478 e. The van der Waals surface area contributed by atoms with Crippen LogP contribution in [0.2, 0.25) is 0 Å². The van der Waals surface area contributed by atoms with E-state index in [-0.39, 0.29) is 5.56 Å². The van der Waals surface area contributed by atoms with E-state index in [0.29, 0.717) is 17.2 Å². The molecule has 6 heteroatoms. The molecule has 0 saturated carbocycles. The third-order valence-electron chi connectivity index (χ3n) is 2.29. The van der Waals surface area contributed by atoms with Gasteiger partial charge in [0, 0.05) is 10.7 Å². The Bertz CT molecular complexity index is 602. The Morgan fingerprint density at radius 2 is 2.11 bits per heavy atom. The fourth-order valence-corrected chi connectivity index (χ4v) is 1.81. The number of nitrogens with two attached hydrogens (primary N) is 1. The van der Waals surface area contributed by atoms with Crippen LogP contribution < -0.4 is 11.1 Å². The van der Waals surface area contributed by atoms with E-state index >= 15 is 0 Å². The SMILES string of the molecule is Nc1cc(Br)cnc1Nc1ccccc1C(=O)O. The van der Waals surface area contributed by atoms with Gasteiger partial charge in [0.25, 0.3) is 0 Å². The van der Waals surface area contributed by atoms with Crippen LogP contribution >= 0.6 is 15.9 Å². The molecule has 1 aromatic carbocycles. The minimum atomic E-state index is -1.01. The summed E-state index contributed by atoms with van der Waals surface area (Å²) in [7, 11) is 0. The summed E-state index contributed by atoms with van der Waals surface area (Å²) in [6.07, 6.45) is 1.59. The zero-order valence-corrected chi connectivity index (χ0v) is 10.8. The van der Waals surface area contributed by atoms with Gasteiger partial charge in [-0.1, -0.05) is 12.1 Å². The molecule has 0 bridgehead atoms. The van der Waals surface area contributed by atoms with Crippen LogP contribution in [-0.4, -0.2) is 16.1 Å². The molecule has 0 aliphatic heterocycles. The second-order valence-electron chi connectivity index (χ2n) is 3.57. The number of nitrogens with zero attached hydrogens (tertiary/aromatic N) is 1. The van der Waals surface area contributed by atoms with E-state index in [9.17, 15) is 4.79 Å². The second-order valence-corrected chi connectivity index (χ2v) is 4.48. The molecule has 0 saturated heterocycles. The molecular formula is C12H10BrN3O2. The number of nitrogens with one attached hydrogen (secondary N) is 1. The summed E-state index contributed by atoms with van der Waals surface area (Å²) in [6.45, 7) is 0. The van der Waals surface area contributed by atoms with Crippen molar-refractivity contribution in [1.29, 1.82) is 0 Å². The molecule has 0 spiro atoms. The molecule has 0 amide bonds. The molecule has 4 N–H and O–H groups in total. The van der Waals surface area contributed by atoms with Crippen molar-refractivity contribution in [2.24, 2.45) is 0 Å². The molecule has 2 rings (SSSR count). The van der Waals surface area contributed by atoms with Crippen LogP contribution in [0.15, 0.2) is 41.0 Å².